The van der Waals surface area contributed by atoms with E-state index in [9.17, 15) is 0 Å². The van der Waals surface area contributed by atoms with Gasteiger partial charge in [0, 0.05) is 0 Å². The Morgan fingerprint density at radius 2 is 1.53 bits per heavy atom. The Morgan fingerprint density at radius 1 is 1.05 bits per heavy atom. The van der Waals surface area contributed by atoms with Crippen LogP contribution in [0.15, 0.2) is 30.3 Å². The van der Waals surface area contributed by atoms with Crippen molar-refractivity contribution in [3.05, 3.63) is 35.9 Å². The fourth-order valence-electron chi connectivity index (χ4n) is 1.59. The van der Waals surface area contributed by atoms with Gasteiger partial charge in [0.1, 0.15) is 0 Å². The van der Waals surface area contributed by atoms with Crippen LogP contribution in [0.1, 0.15) is 58.1 Å². The first kappa shape index (κ1) is 19.3. The molecule has 1 radical (unpaired) electrons. The molecule has 1 atom stereocenters. The van der Waals surface area contributed by atoms with E-state index in [2.05, 4.69) is 13.8 Å². The van der Waals surface area contributed by atoms with Gasteiger partial charge < -0.3 is 5.11 Å². The number of halogens is 1. The Kier molecular flexibility index (Phi) is 13.4. The van der Waals surface area contributed by atoms with E-state index in [0.717, 1.165) is 5.56 Å². The first-order valence-corrected chi connectivity index (χ1v) is 15.0. The number of hydrogen-bond acceptors (Lipinski definition) is 1. The van der Waals surface area contributed by atoms with Gasteiger partial charge in [-0.1, -0.05) is 30.3 Å². The molecule has 1 unspecified atom stereocenters. The average Bonchev–Trinajstić information content (AvgIpc) is 2.44. The van der Waals surface area contributed by atoms with Crippen molar-refractivity contribution in [1.29, 1.82) is 0 Å². The topological polar surface area (TPSA) is 20.2 Å². The van der Waals surface area contributed by atoms with Gasteiger partial charge in [0.25, 0.3) is 0 Å². The van der Waals surface area contributed by atoms with Gasteiger partial charge in [0.05, 0.1) is 6.10 Å². The standard InChI is InChI=1S/C8H10O.2C4H9.ClH.Sn/c1-7(9)8-5-3-2-4-6-8;2*1-3-4-2;;/h2-7,9H,1H3;2*1,3-4H2,2H3;1H;/q;;;;+1/p-1. The summed E-state index contributed by atoms with van der Waals surface area (Å²) in [6, 6.07) is 9.59. The Labute approximate surface area is 129 Å². The number of unbranched alkanes of at least 4 members (excludes halogenated alkanes) is 2. The second-order valence-electron chi connectivity index (χ2n) is 4.81. The fraction of sp³-hybridized carbons (Fsp3) is 0.625. The van der Waals surface area contributed by atoms with Crippen LogP contribution in [0.5, 0.6) is 0 Å². The molecule has 1 rings (SSSR count). The zero-order chi connectivity index (χ0) is 14.5. The zero-order valence-electron chi connectivity index (χ0n) is 12.5. The van der Waals surface area contributed by atoms with Crippen LogP contribution in [-0.2, 0) is 0 Å². The predicted molar refractivity (Wildman–Crippen MR) is 88.1 cm³/mol. The SMILES string of the molecule is CC(O)c1ccccc1.CCC[CH2][Sn]([Cl])[CH2]CCC. The molecule has 1 aromatic carbocycles. The monoisotopic (exact) mass is 391 g/mol. The van der Waals surface area contributed by atoms with Crippen molar-refractivity contribution in [3.8, 4) is 0 Å². The summed E-state index contributed by atoms with van der Waals surface area (Å²) in [7, 11) is 6.24. The number of aliphatic hydroxyl groups is 1. The molecule has 0 aliphatic heterocycles. The van der Waals surface area contributed by atoms with Gasteiger partial charge >= 0.3 is 76.0 Å². The van der Waals surface area contributed by atoms with Gasteiger partial charge in [-0.15, -0.1) is 0 Å². The van der Waals surface area contributed by atoms with Gasteiger partial charge in [-0.25, -0.2) is 0 Å². The third kappa shape index (κ3) is 11.8. The Balaban J connectivity index is 0.000000342. The summed E-state index contributed by atoms with van der Waals surface area (Å²) in [5.74, 6) is 0. The number of hydrogen-bond donors (Lipinski definition) is 1. The maximum atomic E-state index is 9.02. The van der Waals surface area contributed by atoms with E-state index in [1.165, 1.54) is 34.6 Å². The van der Waals surface area contributed by atoms with Crippen LogP contribution in [-0.4, -0.2) is 23.7 Å². The van der Waals surface area contributed by atoms with Crippen LogP contribution in [0.25, 0.3) is 0 Å². The third-order valence-electron chi connectivity index (χ3n) is 2.89. The Bertz CT molecular complexity index is 282. The number of rotatable bonds is 7. The van der Waals surface area contributed by atoms with Crippen molar-refractivity contribution in [2.75, 3.05) is 0 Å². The van der Waals surface area contributed by atoms with Gasteiger partial charge in [-0.05, 0) is 12.5 Å². The second-order valence-corrected chi connectivity index (χ2v) is 14.2. The van der Waals surface area contributed by atoms with Crippen LogP contribution < -0.4 is 0 Å². The minimum absolute atomic E-state index is 0.341. The molecular weight excluding hydrogens is 362 g/mol. The van der Waals surface area contributed by atoms with E-state index < -0.39 is 18.6 Å². The minimum atomic E-state index is -1.27. The summed E-state index contributed by atoms with van der Waals surface area (Å²) in [4.78, 5) is 0. The molecule has 0 spiro atoms. The summed E-state index contributed by atoms with van der Waals surface area (Å²) in [5.41, 5.74) is 0.970. The molecule has 19 heavy (non-hydrogen) atoms. The second kappa shape index (κ2) is 13.3. The summed E-state index contributed by atoms with van der Waals surface area (Å²) in [6.45, 7) is 6.25. The average molecular weight is 391 g/mol. The third-order valence-corrected chi connectivity index (χ3v) is 10.5. The molecule has 3 heteroatoms. The predicted octanol–water partition coefficient (Wildman–Crippen LogP) is 5.56. The molecule has 0 fully saturated rings. The first-order valence-electron chi connectivity index (χ1n) is 7.35. The summed E-state index contributed by atoms with van der Waals surface area (Å²) >= 11 is -1.27. The first-order chi connectivity index (χ1) is 9.11. The van der Waals surface area contributed by atoms with Crippen LogP contribution in [0.3, 0.4) is 0 Å². The molecule has 0 heterocycles. The van der Waals surface area contributed by atoms with E-state index in [4.69, 9.17) is 14.0 Å². The van der Waals surface area contributed by atoms with Gasteiger partial charge in [0.15, 0.2) is 0 Å². The molecule has 0 aromatic heterocycles. The van der Waals surface area contributed by atoms with E-state index >= 15 is 0 Å². The van der Waals surface area contributed by atoms with Gasteiger partial charge in [-0.2, -0.15) is 0 Å². The number of benzene rings is 1. The fourth-order valence-corrected chi connectivity index (χ4v) is 8.31. The molecule has 1 aromatic rings. The zero-order valence-corrected chi connectivity index (χ0v) is 16.1. The van der Waals surface area contributed by atoms with Crippen LogP contribution in [0.2, 0.25) is 8.87 Å². The van der Waals surface area contributed by atoms with E-state index in [0.29, 0.717) is 0 Å². The molecule has 0 bridgehead atoms. The van der Waals surface area contributed by atoms with Crippen molar-refractivity contribution in [3.63, 3.8) is 0 Å². The normalized spacial score (nSPS) is 11.9. The summed E-state index contributed by atoms with van der Waals surface area (Å²) < 4.78 is 2.81. The van der Waals surface area contributed by atoms with Crippen LogP contribution >= 0.6 is 8.92 Å². The molecule has 0 saturated heterocycles. The van der Waals surface area contributed by atoms with E-state index in [1.54, 1.807) is 6.92 Å². The molecule has 1 N–H and O–H groups in total. The van der Waals surface area contributed by atoms with E-state index in [1.807, 2.05) is 30.3 Å². The Morgan fingerprint density at radius 3 is 1.84 bits per heavy atom. The quantitative estimate of drug-likeness (QED) is 0.605. The molecule has 0 aliphatic rings. The van der Waals surface area contributed by atoms with Gasteiger partial charge in [0.2, 0.25) is 0 Å². The van der Waals surface area contributed by atoms with E-state index in [-0.39, 0.29) is 6.10 Å². The van der Waals surface area contributed by atoms with Crippen LogP contribution in [0.4, 0.5) is 0 Å². The van der Waals surface area contributed by atoms with Crippen molar-refractivity contribution in [2.45, 2.75) is 61.4 Å². The summed E-state index contributed by atoms with van der Waals surface area (Å²) in [6.07, 6.45) is 5.06. The molecule has 0 saturated carbocycles. The van der Waals surface area contributed by atoms with Crippen molar-refractivity contribution >= 4 is 27.6 Å². The van der Waals surface area contributed by atoms with Crippen molar-refractivity contribution < 1.29 is 5.11 Å². The molecule has 1 nitrogen and oxygen atoms in total. The summed E-state index contributed by atoms with van der Waals surface area (Å²) in [5, 5.41) is 9.02. The molecular formula is C16H28ClOSn. The van der Waals surface area contributed by atoms with Crippen molar-refractivity contribution in [2.24, 2.45) is 0 Å². The van der Waals surface area contributed by atoms with Crippen molar-refractivity contribution in [1.82, 2.24) is 0 Å². The van der Waals surface area contributed by atoms with Crippen LogP contribution in [0, 0.1) is 0 Å². The number of aliphatic hydroxyl groups excluding tert-OH is 1. The maximum absolute atomic E-state index is 9.02. The molecule has 109 valence electrons. The Hall–Kier alpha value is 0.269. The van der Waals surface area contributed by atoms with Gasteiger partial charge in [-0.3, -0.25) is 0 Å². The molecule has 0 amide bonds. The molecule has 0 aliphatic carbocycles.